The molecule has 0 amide bonds. The van der Waals surface area contributed by atoms with Crippen molar-refractivity contribution in [2.24, 2.45) is 0 Å². The van der Waals surface area contributed by atoms with Gasteiger partial charge in [-0.15, -0.1) is 11.3 Å². The van der Waals surface area contributed by atoms with Gasteiger partial charge in [0.25, 0.3) is 0 Å². The van der Waals surface area contributed by atoms with Crippen molar-refractivity contribution in [3.05, 3.63) is 75.3 Å². The second kappa shape index (κ2) is 7.28. The molecular weight excluding hydrogens is 403 g/mol. The van der Waals surface area contributed by atoms with Gasteiger partial charge in [-0.05, 0) is 55.0 Å². The van der Waals surface area contributed by atoms with Crippen molar-refractivity contribution in [1.29, 1.82) is 0 Å². The molecule has 0 aliphatic rings. The normalized spacial score (nSPS) is 13.5. The Morgan fingerprint density at radius 3 is 2.36 bits per heavy atom. The maximum atomic E-state index is 13.2. The third-order valence-electron chi connectivity index (χ3n) is 4.29. The van der Waals surface area contributed by atoms with E-state index < -0.39 is 5.60 Å². The summed E-state index contributed by atoms with van der Waals surface area (Å²) in [6.07, 6.45) is 0. The molecule has 0 fully saturated rings. The molecule has 1 atom stereocenters. The number of halogens is 2. The lowest BCUT2D eigenvalue weighted by molar-refractivity contribution is 0.0401. The van der Waals surface area contributed by atoms with Crippen LogP contribution in [0.3, 0.4) is 0 Å². The molecule has 0 N–H and O–H groups in total. The molecule has 130 valence electrons. The quantitative estimate of drug-likeness (QED) is 0.486. The largest absolute Gasteiger partial charge is 0.496 e. The Bertz CT molecular complexity index is 876. The molecule has 5 heteroatoms. The molecule has 0 aliphatic heterocycles. The number of rotatable bonds is 5. The van der Waals surface area contributed by atoms with Crippen molar-refractivity contribution >= 4 is 27.3 Å². The van der Waals surface area contributed by atoms with Crippen LogP contribution in [0.15, 0.2) is 59.1 Å². The van der Waals surface area contributed by atoms with Gasteiger partial charge in [0.05, 0.1) is 7.11 Å². The maximum Gasteiger partial charge on any atom is 0.128 e. The van der Waals surface area contributed by atoms with Crippen LogP contribution in [-0.4, -0.2) is 14.2 Å². The zero-order chi connectivity index (χ0) is 18.0. The first-order valence-electron chi connectivity index (χ1n) is 7.73. The first kappa shape index (κ1) is 18.1. The molecule has 1 heterocycles. The number of thiophene rings is 1. The Kier molecular flexibility index (Phi) is 5.27. The Labute approximate surface area is 159 Å². The number of methoxy groups -OCH3 is 2. The summed E-state index contributed by atoms with van der Waals surface area (Å²) in [6.45, 7) is 2.03. The van der Waals surface area contributed by atoms with E-state index in [1.165, 1.54) is 12.1 Å². The summed E-state index contributed by atoms with van der Waals surface area (Å²) in [7, 11) is 3.35. The highest BCUT2D eigenvalue weighted by Crippen LogP contribution is 2.43. The zero-order valence-corrected chi connectivity index (χ0v) is 16.6. The minimum Gasteiger partial charge on any atom is -0.496 e. The number of ether oxygens (including phenoxy) is 2. The topological polar surface area (TPSA) is 18.5 Å². The average Bonchev–Trinajstić information content (AvgIpc) is 3.12. The van der Waals surface area contributed by atoms with E-state index in [0.29, 0.717) is 0 Å². The second-order valence-corrected chi connectivity index (χ2v) is 7.75. The molecule has 2 aromatic carbocycles. The molecule has 0 saturated carbocycles. The molecule has 3 aromatic rings. The zero-order valence-electron chi connectivity index (χ0n) is 14.2. The first-order valence-corrected chi connectivity index (χ1v) is 9.34. The van der Waals surface area contributed by atoms with Crippen LogP contribution < -0.4 is 4.74 Å². The Hall–Kier alpha value is -1.69. The first-order chi connectivity index (χ1) is 12.0. The summed E-state index contributed by atoms with van der Waals surface area (Å²) >= 11 is 5.15. The Morgan fingerprint density at radius 2 is 1.72 bits per heavy atom. The predicted molar refractivity (Wildman–Crippen MR) is 104 cm³/mol. The average molecular weight is 421 g/mol. The predicted octanol–water partition coefficient (Wildman–Crippen LogP) is 6.24. The van der Waals surface area contributed by atoms with E-state index in [4.69, 9.17) is 9.47 Å². The lowest BCUT2D eigenvalue weighted by Gasteiger charge is -2.29. The third-order valence-corrected chi connectivity index (χ3v) is 6.12. The van der Waals surface area contributed by atoms with E-state index in [-0.39, 0.29) is 5.82 Å². The maximum absolute atomic E-state index is 13.2. The van der Waals surface area contributed by atoms with Crippen LogP contribution in [0.4, 0.5) is 4.39 Å². The fraction of sp³-hybridized carbons (Fsp3) is 0.200. The van der Waals surface area contributed by atoms with Gasteiger partial charge in [-0.3, -0.25) is 0 Å². The summed E-state index contributed by atoms with van der Waals surface area (Å²) < 4.78 is 25.6. The van der Waals surface area contributed by atoms with Crippen LogP contribution in [0.1, 0.15) is 17.4 Å². The van der Waals surface area contributed by atoms with Gasteiger partial charge in [0.1, 0.15) is 17.2 Å². The lowest BCUT2D eigenvalue weighted by Crippen LogP contribution is -2.25. The molecule has 1 unspecified atom stereocenters. The third kappa shape index (κ3) is 3.50. The SMILES string of the molecule is COc1ccc(Br)cc1C(C)(OC)c1ccc(-c2ccc(F)cc2)s1. The number of benzene rings is 2. The molecule has 0 bridgehead atoms. The van der Waals surface area contributed by atoms with Crippen molar-refractivity contribution in [2.45, 2.75) is 12.5 Å². The van der Waals surface area contributed by atoms with Gasteiger partial charge in [-0.25, -0.2) is 4.39 Å². The fourth-order valence-corrected chi connectivity index (χ4v) is 4.27. The molecule has 2 nitrogen and oxygen atoms in total. The Balaban J connectivity index is 2.07. The van der Waals surface area contributed by atoms with Crippen LogP contribution in [0.25, 0.3) is 10.4 Å². The van der Waals surface area contributed by atoms with E-state index in [1.54, 1.807) is 37.7 Å². The molecule has 0 saturated heterocycles. The molecule has 25 heavy (non-hydrogen) atoms. The van der Waals surface area contributed by atoms with Crippen LogP contribution in [-0.2, 0) is 10.3 Å². The van der Waals surface area contributed by atoms with E-state index in [0.717, 1.165) is 31.1 Å². The smallest absolute Gasteiger partial charge is 0.128 e. The molecule has 1 aromatic heterocycles. The van der Waals surface area contributed by atoms with Gasteiger partial charge in [-0.1, -0.05) is 28.1 Å². The summed E-state index contributed by atoms with van der Waals surface area (Å²) in [5.41, 5.74) is 1.27. The van der Waals surface area contributed by atoms with Gasteiger partial charge in [0, 0.05) is 26.9 Å². The van der Waals surface area contributed by atoms with Crippen molar-refractivity contribution in [3.63, 3.8) is 0 Å². The van der Waals surface area contributed by atoms with Gasteiger partial charge in [0.2, 0.25) is 0 Å². The van der Waals surface area contributed by atoms with Crippen molar-refractivity contribution in [2.75, 3.05) is 14.2 Å². The van der Waals surface area contributed by atoms with Gasteiger partial charge in [0.15, 0.2) is 0 Å². The summed E-state index contributed by atoms with van der Waals surface area (Å²) in [4.78, 5) is 2.11. The van der Waals surface area contributed by atoms with Crippen molar-refractivity contribution < 1.29 is 13.9 Å². The van der Waals surface area contributed by atoms with E-state index in [2.05, 4.69) is 15.9 Å². The van der Waals surface area contributed by atoms with Gasteiger partial charge < -0.3 is 9.47 Å². The van der Waals surface area contributed by atoms with Crippen LogP contribution in [0.5, 0.6) is 5.75 Å². The summed E-state index contributed by atoms with van der Waals surface area (Å²) in [5.74, 6) is 0.533. The highest BCUT2D eigenvalue weighted by Gasteiger charge is 2.33. The lowest BCUT2D eigenvalue weighted by atomic mass is 9.93. The molecule has 0 aliphatic carbocycles. The molecule has 3 rings (SSSR count). The fourth-order valence-electron chi connectivity index (χ4n) is 2.76. The van der Waals surface area contributed by atoms with Crippen LogP contribution in [0.2, 0.25) is 0 Å². The minimum atomic E-state index is -0.655. The molecule has 0 radical (unpaired) electrons. The minimum absolute atomic E-state index is 0.235. The van der Waals surface area contributed by atoms with Crippen LogP contribution in [0, 0.1) is 5.82 Å². The Morgan fingerprint density at radius 1 is 1.00 bits per heavy atom. The monoisotopic (exact) mass is 420 g/mol. The summed E-state index contributed by atoms with van der Waals surface area (Å²) in [6, 6.07) is 16.5. The standard InChI is InChI=1S/C20H18BrFO2S/c1-20(24-3,16-12-14(21)6-9-17(16)23-2)19-11-10-18(25-19)13-4-7-15(22)8-5-13/h4-12H,1-3H3. The highest BCUT2D eigenvalue weighted by atomic mass is 79.9. The second-order valence-electron chi connectivity index (χ2n) is 5.75. The molecular formula is C20H18BrFO2S. The van der Waals surface area contributed by atoms with Crippen molar-refractivity contribution in [3.8, 4) is 16.2 Å². The van der Waals surface area contributed by atoms with Crippen LogP contribution >= 0.6 is 27.3 Å². The molecule has 0 spiro atoms. The van der Waals surface area contributed by atoms with E-state index in [9.17, 15) is 4.39 Å². The summed E-state index contributed by atoms with van der Waals surface area (Å²) in [5, 5.41) is 0. The van der Waals surface area contributed by atoms with Gasteiger partial charge in [-0.2, -0.15) is 0 Å². The van der Waals surface area contributed by atoms with E-state index in [1.807, 2.05) is 37.3 Å². The van der Waals surface area contributed by atoms with E-state index >= 15 is 0 Å². The van der Waals surface area contributed by atoms with Crippen molar-refractivity contribution in [1.82, 2.24) is 0 Å². The van der Waals surface area contributed by atoms with Gasteiger partial charge >= 0.3 is 0 Å². The number of hydrogen-bond donors (Lipinski definition) is 0. The highest BCUT2D eigenvalue weighted by molar-refractivity contribution is 9.10. The number of hydrogen-bond acceptors (Lipinski definition) is 3.